The zero-order valence-electron chi connectivity index (χ0n) is 8.11. The van der Waals surface area contributed by atoms with E-state index in [1.807, 2.05) is 18.4 Å². The minimum absolute atomic E-state index is 0.459. The lowest BCUT2D eigenvalue weighted by Crippen LogP contribution is -2.08. The fourth-order valence-corrected chi connectivity index (χ4v) is 1.23. The van der Waals surface area contributed by atoms with Gasteiger partial charge in [0.15, 0.2) is 5.92 Å². The Morgan fingerprint density at radius 3 is 2.23 bits per heavy atom. The smallest absolute Gasteiger partial charge is 0.180 e. The molecule has 0 N–H and O–H groups in total. The fraction of sp³-hybridized carbons (Fsp3) is 0.667. The summed E-state index contributed by atoms with van der Waals surface area (Å²) in [6.07, 6.45) is 1.83. The highest BCUT2D eigenvalue weighted by Crippen LogP contribution is 2.10. The highest BCUT2D eigenvalue weighted by Gasteiger charge is 2.12. The Balaban J connectivity index is 4.43. The van der Waals surface area contributed by atoms with Crippen molar-refractivity contribution in [3.05, 3.63) is 0 Å². The predicted octanol–water partition coefficient (Wildman–Crippen LogP) is 2.07. The van der Waals surface area contributed by atoms with Crippen molar-refractivity contribution in [2.45, 2.75) is 13.8 Å². The van der Waals surface area contributed by atoms with Crippen molar-refractivity contribution in [2.75, 3.05) is 12.8 Å². The predicted molar refractivity (Wildman–Crippen MR) is 55.4 cm³/mol. The summed E-state index contributed by atoms with van der Waals surface area (Å²) < 4.78 is 0. The van der Waals surface area contributed by atoms with Gasteiger partial charge < -0.3 is 0 Å². The number of rotatable bonds is 3. The second-order valence-electron chi connectivity index (χ2n) is 2.97. The lowest BCUT2D eigenvalue weighted by Gasteiger charge is -2.04. The van der Waals surface area contributed by atoms with E-state index >= 15 is 0 Å². The van der Waals surface area contributed by atoms with Crippen LogP contribution >= 0.6 is 11.8 Å². The Bertz CT molecular complexity index is 243. The van der Waals surface area contributed by atoms with E-state index in [-0.39, 0.29) is 0 Å². The molecule has 0 aromatic rings. The number of hydrogen-bond acceptors (Lipinski definition) is 4. The maximum atomic E-state index is 8.63. The molecule has 0 spiro atoms. The molecule has 0 aliphatic rings. The summed E-state index contributed by atoms with van der Waals surface area (Å²) in [5.74, 6) is -0.242. The topological polar surface area (TPSA) is 59.9 Å². The summed E-state index contributed by atoms with van der Waals surface area (Å²) in [6.45, 7) is 4.78. The van der Waals surface area contributed by atoms with Crippen LogP contribution in [0.5, 0.6) is 0 Å². The van der Waals surface area contributed by atoms with Crippen LogP contribution in [-0.2, 0) is 0 Å². The molecule has 0 unspecified atom stereocenters. The first-order valence-electron chi connectivity index (χ1n) is 4.03. The molecule has 0 atom stereocenters. The van der Waals surface area contributed by atoms with E-state index in [0.717, 1.165) is 0 Å². The van der Waals surface area contributed by atoms with E-state index in [1.165, 1.54) is 11.8 Å². The van der Waals surface area contributed by atoms with Gasteiger partial charge in [-0.05, 0) is 12.2 Å². The average molecular weight is 195 g/mol. The Morgan fingerprint density at radius 1 is 1.38 bits per heavy atom. The summed E-state index contributed by atoms with van der Waals surface area (Å²) in [7, 11) is 0. The maximum Gasteiger partial charge on any atom is 0.180 e. The molecule has 0 saturated carbocycles. The van der Waals surface area contributed by atoms with Crippen molar-refractivity contribution in [2.24, 2.45) is 16.8 Å². The Labute approximate surface area is 83.5 Å². The van der Waals surface area contributed by atoms with E-state index in [1.54, 1.807) is 0 Å². The van der Waals surface area contributed by atoms with E-state index < -0.39 is 5.92 Å². The van der Waals surface area contributed by atoms with Gasteiger partial charge in [-0.15, -0.1) is 11.8 Å². The molecular formula is C9H13N3S. The van der Waals surface area contributed by atoms with E-state index in [0.29, 0.717) is 17.5 Å². The number of aliphatic imine (C=N–C) groups is 1. The molecule has 70 valence electrons. The molecule has 0 fully saturated rings. The van der Waals surface area contributed by atoms with Crippen LogP contribution < -0.4 is 0 Å². The second kappa shape index (κ2) is 6.51. The van der Waals surface area contributed by atoms with Crippen molar-refractivity contribution in [1.82, 2.24) is 0 Å². The van der Waals surface area contributed by atoms with E-state index in [4.69, 9.17) is 10.5 Å². The monoisotopic (exact) mass is 195 g/mol. The molecule has 0 aliphatic carbocycles. The van der Waals surface area contributed by atoms with Gasteiger partial charge in [0.2, 0.25) is 0 Å². The van der Waals surface area contributed by atoms with Gasteiger partial charge in [0, 0.05) is 6.54 Å². The zero-order valence-corrected chi connectivity index (χ0v) is 8.93. The molecule has 0 aliphatic heterocycles. The van der Waals surface area contributed by atoms with Crippen LogP contribution in [0.3, 0.4) is 0 Å². The average Bonchev–Trinajstić information content (AvgIpc) is 2.11. The lowest BCUT2D eigenvalue weighted by atomic mass is 10.2. The number of nitriles is 2. The van der Waals surface area contributed by atoms with Crippen LogP contribution in [0, 0.1) is 34.5 Å². The molecule has 0 amide bonds. The lowest BCUT2D eigenvalue weighted by molar-refractivity contribution is 0.665. The third-order valence-corrected chi connectivity index (χ3v) is 2.11. The quantitative estimate of drug-likeness (QED) is 0.511. The maximum absolute atomic E-state index is 8.63. The Morgan fingerprint density at radius 2 is 1.92 bits per heavy atom. The van der Waals surface area contributed by atoms with Gasteiger partial charge in [-0.3, -0.25) is 4.99 Å². The normalized spacial score (nSPS) is 11.5. The van der Waals surface area contributed by atoms with Gasteiger partial charge in [0.05, 0.1) is 17.2 Å². The Kier molecular flexibility index (Phi) is 6.01. The molecule has 0 heterocycles. The molecule has 0 radical (unpaired) electrons. The van der Waals surface area contributed by atoms with Crippen molar-refractivity contribution >= 4 is 16.8 Å². The van der Waals surface area contributed by atoms with Crippen LogP contribution in [0.25, 0.3) is 0 Å². The molecule has 13 heavy (non-hydrogen) atoms. The van der Waals surface area contributed by atoms with Crippen molar-refractivity contribution in [3.8, 4) is 12.1 Å². The first kappa shape index (κ1) is 12.0. The van der Waals surface area contributed by atoms with Crippen LogP contribution in [0.2, 0.25) is 0 Å². The summed E-state index contributed by atoms with van der Waals surface area (Å²) in [5.41, 5.74) is 0. The van der Waals surface area contributed by atoms with Crippen molar-refractivity contribution in [1.29, 1.82) is 10.5 Å². The molecule has 0 aromatic heterocycles. The van der Waals surface area contributed by atoms with Gasteiger partial charge in [0.25, 0.3) is 0 Å². The number of thioether (sulfide) groups is 1. The summed E-state index contributed by atoms with van der Waals surface area (Å²) in [4.78, 5) is 4.22. The molecule has 4 heteroatoms. The standard InChI is InChI=1S/C9H13N3S/c1-7(2)6-12-9(13-3)8(4-10)5-11/h7-8H,6H2,1-3H3. The summed E-state index contributed by atoms with van der Waals surface area (Å²) in [6, 6.07) is 3.83. The van der Waals surface area contributed by atoms with Crippen molar-refractivity contribution in [3.63, 3.8) is 0 Å². The highest BCUT2D eigenvalue weighted by atomic mass is 32.2. The third-order valence-electron chi connectivity index (χ3n) is 1.33. The van der Waals surface area contributed by atoms with Gasteiger partial charge in [-0.2, -0.15) is 10.5 Å². The first-order chi connectivity index (χ1) is 6.15. The number of nitrogens with zero attached hydrogens (tertiary/aromatic N) is 3. The van der Waals surface area contributed by atoms with Crippen LogP contribution in [-0.4, -0.2) is 17.8 Å². The Hall–Kier alpha value is -1.00. The largest absolute Gasteiger partial charge is 0.280 e. The molecule has 3 nitrogen and oxygen atoms in total. The zero-order chi connectivity index (χ0) is 10.3. The second-order valence-corrected chi connectivity index (χ2v) is 3.79. The van der Waals surface area contributed by atoms with Crippen LogP contribution in [0.15, 0.2) is 4.99 Å². The van der Waals surface area contributed by atoms with Gasteiger partial charge in [-0.25, -0.2) is 0 Å². The molecule has 0 aromatic carbocycles. The minimum atomic E-state index is -0.700. The SMILES string of the molecule is CSC(=NCC(C)C)C(C#N)C#N. The van der Waals surface area contributed by atoms with Gasteiger partial charge in [0.1, 0.15) is 0 Å². The highest BCUT2D eigenvalue weighted by molar-refractivity contribution is 8.13. The summed E-state index contributed by atoms with van der Waals surface area (Å²) in [5, 5.41) is 17.9. The van der Waals surface area contributed by atoms with Crippen LogP contribution in [0.4, 0.5) is 0 Å². The van der Waals surface area contributed by atoms with Crippen molar-refractivity contribution < 1.29 is 0 Å². The molecule has 0 bridgehead atoms. The fourth-order valence-electron chi connectivity index (χ4n) is 0.686. The molecule has 0 rings (SSSR count). The van der Waals surface area contributed by atoms with E-state index in [9.17, 15) is 0 Å². The van der Waals surface area contributed by atoms with Gasteiger partial charge in [-0.1, -0.05) is 13.8 Å². The molecule has 0 saturated heterocycles. The van der Waals surface area contributed by atoms with E-state index in [2.05, 4.69) is 18.8 Å². The van der Waals surface area contributed by atoms with Gasteiger partial charge >= 0.3 is 0 Å². The molecular weight excluding hydrogens is 182 g/mol. The van der Waals surface area contributed by atoms with Crippen LogP contribution in [0.1, 0.15) is 13.8 Å². The third kappa shape index (κ3) is 4.55. The first-order valence-corrected chi connectivity index (χ1v) is 5.25. The summed E-state index contributed by atoms with van der Waals surface area (Å²) >= 11 is 1.37. The number of hydrogen-bond donors (Lipinski definition) is 0. The minimum Gasteiger partial charge on any atom is -0.280 e.